The van der Waals surface area contributed by atoms with Gasteiger partial charge >= 0.3 is 0 Å². The van der Waals surface area contributed by atoms with Gasteiger partial charge in [-0.05, 0) is 42.8 Å². The first-order valence-corrected chi connectivity index (χ1v) is 7.71. The zero-order valence-electron chi connectivity index (χ0n) is 11.4. The Bertz CT molecular complexity index is 719. The van der Waals surface area contributed by atoms with Gasteiger partial charge in [-0.3, -0.25) is 4.79 Å². The molecule has 2 rings (SSSR count). The Labute approximate surface area is 148 Å². The summed E-state index contributed by atoms with van der Waals surface area (Å²) in [5.41, 5.74) is 1.24. The Morgan fingerprint density at radius 1 is 1.00 bits per heavy atom. The average Bonchev–Trinajstić information content (AvgIpc) is 2.46. The molecule has 0 unspecified atom stereocenters. The van der Waals surface area contributed by atoms with Crippen molar-refractivity contribution < 1.29 is 9.53 Å². The van der Waals surface area contributed by atoms with Crippen molar-refractivity contribution in [3.8, 4) is 5.75 Å². The zero-order chi connectivity index (χ0) is 16.3. The van der Waals surface area contributed by atoms with E-state index in [-0.39, 0.29) is 12.5 Å². The zero-order valence-corrected chi connectivity index (χ0v) is 14.4. The number of nitrogens with one attached hydrogen (secondary N) is 1. The summed E-state index contributed by atoms with van der Waals surface area (Å²) in [6.07, 6.45) is 0. The summed E-state index contributed by atoms with van der Waals surface area (Å²) >= 11 is 23.6. The molecule has 2 aromatic rings. The summed E-state index contributed by atoms with van der Waals surface area (Å²) in [7, 11) is 0. The third-order valence-electron chi connectivity index (χ3n) is 2.78. The minimum absolute atomic E-state index is 0.169. The van der Waals surface area contributed by atoms with Gasteiger partial charge < -0.3 is 10.1 Å². The van der Waals surface area contributed by atoms with E-state index in [1.54, 1.807) is 18.2 Å². The van der Waals surface area contributed by atoms with E-state index in [9.17, 15) is 4.79 Å². The topological polar surface area (TPSA) is 38.3 Å². The SMILES string of the molecule is Cc1cc(OCC(=O)Nc2cc(Cl)c(Cl)cc2Cl)ccc1Cl. The van der Waals surface area contributed by atoms with Gasteiger partial charge in [-0.2, -0.15) is 0 Å². The summed E-state index contributed by atoms with van der Waals surface area (Å²) in [4.78, 5) is 11.9. The van der Waals surface area contributed by atoms with Crippen molar-refractivity contribution in [2.75, 3.05) is 11.9 Å². The number of benzene rings is 2. The van der Waals surface area contributed by atoms with E-state index in [1.165, 1.54) is 12.1 Å². The highest BCUT2D eigenvalue weighted by molar-refractivity contribution is 6.44. The van der Waals surface area contributed by atoms with Crippen LogP contribution >= 0.6 is 46.4 Å². The highest BCUT2D eigenvalue weighted by Crippen LogP contribution is 2.32. The Hall–Kier alpha value is -1.13. The molecule has 116 valence electrons. The molecule has 0 aliphatic carbocycles. The molecule has 22 heavy (non-hydrogen) atoms. The van der Waals surface area contributed by atoms with Crippen LogP contribution in [-0.4, -0.2) is 12.5 Å². The number of anilines is 1. The minimum atomic E-state index is -0.368. The number of amides is 1. The first-order valence-electron chi connectivity index (χ1n) is 6.20. The lowest BCUT2D eigenvalue weighted by molar-refractivity contribution is -0.118. The lowest BCUT2D eigenvalue weighted by Crippen LogP contribution is -2.20. The van der Waals surface area contributed by atoms with Crippen LogP contribution in [0, 0.1) is 6.92 Å². The molecular weight excluding hydrogens is 368 g/mol. The summed E-state index contributed by atoms with van der Waals surface area (Å²) < 4.78 is 5.40. The van der Waals surface area contributed by atoms with E-state index in [1.807, 2.05) is 6.92 Å². The molecule has 0 spiro atoms. The number of ether oxygens (including phenoxy) is 1. The van der Waals surface area contributed by atoms with E-state index >= 15 is 0 Å². The fourth-order valence-corrected chi connectivity index (χ4v) is 2.37. The van der Waals surface area contributed by atoms with Gasteiger partial charge in [-0.1, -0.05) is 46.4 Å². The second kappa shape index (κ2) is 7.42. The van der Waals surface area contributed by atoms with Crippen LogP contribution in [0.25, 0.3) is 0 Å². The van der Waals surface area contributed by atoms with Gasteiger partial charge in [0.05, 0.1) is 20.8 Å². The summed E-state index contributed by atoms with van der Waals surface area (Å²) in [6.45, 7) is 1.68. The highest BCUT2D eigenvalue weighted by atomic mass is 35.5. The molecule has 7 heteroatoms. The Morgan fingerprint density at radius 3 is 2.36 bits per heavy atom. The Balaban J connectivity index is 1.98. The second-order valence-electron chi connectivity index (χ2n) is 4.49. The number of hydrogen-bond donors (Lipinski definition) is 1. The van der Waals surface area contributed by atoms with E-state index in [4.69, 9.17) is 51.1 Å². The van der Waals surface area contributed by atoms with Crippen LogP contribution in [0.1, 0.15) is 5.56 Å². The van der Waals surface area contributed by atoms with Crippen LogP contribution in [0.3, 0.4) is 0 Å². The van der Waals surface area contributed by atoms with Crippen LogP contribution in [0.4, 0.5) is 5.69 Å². The standard InChI is InChI=1S/C15H11Cl4NO2/c1-8-4-9(2-3-10(8)16)22-7-15(21)20-14-6-12(18)11(17)5-13(14)19/h2-6H,7H2,1H3,(H,20,21). The van der Waals surface area contributed by atoms with Gasteiger partial charge in [-0.25, -0.2) is 0 Å². The first kappa shape index (κ1) is 17.2. The van der Waals surface area contributed by atoms with E-state index < -0.39 is 0 Å². The van der Waals surface area contributed by atoms with Crippen LogP contribution in [0.5, 0.6) is 5.75 Å². The molecule has 1 amide bonds. The Kier molecular flexibility index (Phi) is 5.81. The number of hydrogen-bond acceptors (Lipinski definition) is 2. The fourth-order valence-electron chi connectivity index (χ4n) is 1.66. The number of halogens is 4. The molecule has 0 aliphatic rings. The molecule has 0 saturated carbocycles. The van der Waals surface area contributed by atoms with Gasteiger partial charge in [0.25, 0.3) is 5.91 Å². The van der Waals surface area contributed by atoms with Crippen LogP contribution < -0.4 is 10.1 Å². The van der Waals surface area contributed by atoms with E-state index in [0.717, 1.165) is 5.56 Å². The quantitative estimate of drug-likeness (QED) is 0.700. The summed E-state index contributed by atoms with van der Waals surface area (Å²) in [6, 6.07) is 8.09. The van der Waals surface area contributed by atoms with Crippen molar-refractivity contribution in [1.82, 2.24) is 0 Å². The number of rotatable bonds is 4. The fraction of sp³-hybridized carbons (Fsp3) is 0.133. The maximum atomic E-state index is 11.9. The number of carbonyl (C=O) groups excluding carboxylic acids is 1. The van der Waals surface area contributed by atoms with Crippen molar-refractivity contribution >= 4 is 58.0 Å². The normalized spacial score (nSPS) is 10.4. The maximum Gasteiger partial charge on any atom is 0.262 e. The molecule has 0 radical (unpaired) electrons. The molecule has 2 aromatic carbocycles. The lowest BCUT2D eigenvalue weighted by Gasteiger charge is -2.10. The molecule has 0 saturated heterocycles. The third kappa shape index (κ3) is 4.43. The minimum Gasteiger partial charge on any atom is -0.484 e. The molecule has 1 N–H and O–H groups in total. The van der Waals surface area contributed by atoms with Crippen LogP contribution in [0.2, 0.25) is 20.1 Å². The van der Waals surface area contributed by atoms with Gasteiger partial charge in [0.2, 0.25) is 0 Å². The monoisotopic (exact) mass is 377 g/mol. The van der Waals surface area contributed by atoms with E-state index in [2.05, 4.69) is 5.32 Å². The van der Waals surface area contributed by atoms with Crippen molar-refractivity contribution in [1.29, 1.82) is 0 Å². The molecule has 0 heterocycles. The van der Waals surface area contributed by atoms with Crippen molar-refractivity contribution in [2.45, 2.75) is 6.92 Å². The summed E-state index contributed by atoms with van der Waals surface area (Å²) in [5, 5.41) is 4.16. The highest BCUT2D eigenvalue weighted by Gasteiger charge is 2.10. The Morgan fingerprint density at radius 2 is 1.68 bits per heavy atom. The largest absolute Gasteiger partial charge is 0.484 e. The van der Waals surface area contributed by atoms with Crippen LogP contribution in [-0.2, 0) is 4.79 Å². The van der Waals surface area contributed by atoms with Crippen molar-refractivity contribution in [3.05, 3.63) is 56.0 Å². The number of carbonyl (C=O) groups is 1. The molecular formula is C15H11Cl4NO2. The summed E-state index contributed by atoms with van der Waals surface area (Å²) in [5.74, 6) is 0.185. The molecule has 0 atom stereocenters. The smallest absolute Gasteiger partial charge is 0.262 e. The van der Waals surface area contributed by atoms with Gasteiger partial charge in [0.1, 0.15) is 5.75 Å². The van der Waals surface area contributed by atoms with Gasteiger partial charge in [-0.15, -0.1) is 0 Å². The van der Waals surface area contributed by atoms with Gasteiger partial charge in [0, 0.05) is 5.02 Å². The molecule has 0 aromatic heterocycles. The molecule has 0 fully saturated rings. The predicted octanol–water partition coefficient (Wildman–Crippen LogP) is 5.63. The van der Waals surface area contributed by atoms with Crippen molar-refractivity contribution in [2.24, 2.45) is 0 Å². The molecule has 0 bridgehead atoms. The predicted molar refractivity (Wildman–Crippen MR) is 91.8 cm³/mol. The van der Waals surface area contributed by atoms with Crippen LogP contribution in [0.15, 0.2) is 30.3 Å². The van der Waals surface area contributed by atoms with Crippen molar-refractivity contribution in [3.63, 3.8) is 0 Å². The first-order chi connectivity index (χ1) is 10.4. The molecule has 0 aliphatic heterocycles. The second-order valence-corrected chi connectivity index (χ2v) is 6.12. The van der Waals surface area contributed by atoms with E-state index in [0.29, 0.717) is 31.5 Å². The maximum absolute atomic E-state index is 11.9. The van der Waals surface area contributed by atoms with Gasteiger partial charge in [0.15, 0.2) is 6.61 Å². The number of aryl methyl sites for hydroxylation is 1. The lowest BCUT2D eigenvalue weighted by atomic mass is 10.2. The molecule has 3 nitrogen and oxygen atoms in total. The third-order valence-corrected chi connectivity index (χ3v) is 4.24. The average molecular weight is 379 g/mol.